The second kappa shape index (κ2) is 9.94. The average molecular weight is 443 g/mol. The van der Waals surface area contributed by atoms with Crippen LogP contribution in [0.1, 0.15) is 37.2 Å². The summed E-state index contributed by atoms with van der Waals surface area (Å²) in [7, 11) is 1.38. The quantitative estimate of drug-likeness (QED) is 0.524. The number of carbonyl (C=O) groups excluding carboxylic acids is 3. The van der Waals surface area contributed by atoms with Gasteiger partial charge in [0.1, 0.15) is 6.04 Å². The lowest BCUT2D eigenvalue weighted by Crippen LogP contribution is -2.39. The summed E-state index contributed by atoms with van der Waals surface area (Å²) in [4.78, 5) is 37.4. The molecule has 1 aromatic heterocycles. The van der Waals surface area contributed by atoms with E-state index in [9.17, 15) is 23.2 Å². The van der Waals surface area contributed by atoms with Crippen molar-refractivity contribution in [3.63, 3.8) is 0 Å². The van der Waals surface area contributed by atoms with Gasteiger partial charge in [-0.05, 0) is 46.8 Å². The molecule has 0 aliphatic rings. The van der Waals surface area contributed by atoms with Gasteiger partial charge >= 0.3 is 0 Å². The Morgan fingerprint density at radius 1 is 0.968 bits per heavy atom. The van der Waals surface area contributed by atoms with Crippen molar-refractivity contribution < 1.29 is 23.2 Å². The van der Waals surface area contributed by atoms with E-state index in [-0.39, 0.29) is 23.6 Å². The number of thiophene rings is 1. The summed E-state index contributed by atoms with van der Waals surface area (Å²) in [6.45, 7) is 0.286. The van der Waals surface area contributed by atoms with Crippen LogP contribution in [0.4, 0.5) is 8.78 Å². The third kappa shape index (κ3) is 5.52. The second-order valence-electron chi connectivity index (χ2n) is 6.55. The van der Waals surface area contributed by atoms with E-state index in [1.807, 2.05) is 5.38 Å². The number of amides is 3. The van der Waals surface area contributed by atoms with Crippen LogP contribution in [-0.4, -0.2) is 24.8 Å². The zero-order chi connectivity index (χ0) is 22.4. The molecule has 3 amide bonds. The van der Waals surface area contributed by atoms with Crippen molar-refractivity contribution in [3.05, 3.63) is 93.2 Å². The molecule has 1 atom stereocenters. The Labute approximate surface area is 181 Å². The summed E-state index contributed by atoms with van der Waals surface area (Å²) in [6.07, 6.45) is 0. The molecule has 0 aliphatic heterocycles. The fourth-order valence-corrected chi connectivity index (χ4v) is 3.44. The van der Waals surface area contributed by atoms with Crippen molar-refractivity contribution in [1.29, 1.82) is 0 Å². The first kappa shape index (κ1) is 22.1. The lowest BCUT2D eigenvalue weighted by atomic mass is 10.0. The van der Waals surface area contributed by atoms with Gasteiger partial charge in [-0.15, -0.1) is 11.3 Å². The number of rotatable bonds is 7. The summed E-state index contributed by atoms with van der Waals surface area (Å²) in [5.74, 6) is -3.49. The van der Waals surface area contributed by atoms with Gasteiger partial charge in [-0.3, -0.25) is 14.4 Å². The van der Waals surface area contributed by atoms with Gasteiger partial charge in [0.05, 0.1) is 4.88 Å². The zero-order valence-corrected chi connectivity index (χ0v) is 17.3. The second-order valence-corrected chi connectivity index (χ2v) is 7.50. The van der Waals surface area contributed by atoms with E-state index in [2.05, 4.69) is 16.0 Å². The highest BCUT2D eigenvalue weighted by molar-refractivity contribution is 7.12. The van der Waals surface area contributed by atoms with Crippen LogP contribution in [-0.2, 0) is 11.3 Å². The van der Waals surface area contributed by atoms with Gasteiger partial charge in [0.15, 0.2) is 11.6 Å². The fourth-order valence-electron chi connectivity index (χ4n) is 2.80. The molecule has 3 rings (SSSR count). The monoisotopic (exact) mass is 443 g/mol. The van der Waals surface area contributed by atoms with Crippen LogP contribution in [0.25, 0.3) is 0 Å². The van der Waals surface area contributed by atoms with Crippen LogP contribution in [0.15, 0.2) is 60.0 Å². The molecule has 2 aromatic carbocycles. The molecule has 0 radical (unpaired) electrons. The number of benzene rings is 2. The number of carbonyl (C=O) groups is 3. The molecular formula is C22H19F2N3O3S. The van der Waals surface area contributed by atoms with Crippen molar-refractivity contribution in [1.82, 2.24) is 16.0 Å². The Balaban J connectivity index is 1.67. The summed E-state index contributed by atoms with van der Waals surface area (Å²) >= 11 is 1.34. The number of hydrogen-bond donors (Lipinski definition) is 3. The van der Waals surface area contributed by atoms with Crippen molar-refractivity contribution in [2.24, 2.45) is 0 Å². The molecule has 1 unspecified atom stereocenters. The number of nitrogens with one attached hydrogen (secondary N) is 3. The number of hydrogen-bond acceptors (Lipinski definition) is 4. The zero-order valence-electron chi connectivity index (χ0n) is 16.4. The third-order valence-corrected chi connectivity index (χ3v) is 5.34. The first-order valence-electron chi connectivity index (χ1n) is 9.27. The topological polar surface area (TPSA) is 87.3 Å². The minimum Gasteiger partial charge on any atom is -0.357 e. The lowest BCUT2D eigenvalue weighted by molar-refractivity contribution is -0.122. The minimum absolute atomic E-state index is 0.111. The predicted molar refractivity (Wildman–Crippen MR) is 113 cm³/mol. The van der Waals surface area contributed by atoms with Gasteiger partial charge in [0, 0.05) is 19.2 Å². The maximum Gasteiger partial charge on any atom is 0.261 e. The average Bonchev–Trinajstić information content (AvgIpc) is 3.32. The Morgan fingerprint density at radius 3 is 2.32 bits per heavy atom. The molecule has 3 aromatic rings. The van der Waals surface area contributed by atoms with Crippen molar-refractivity contribution >= 4 is 29.1 Å². The van der Waals surface area contributed by atoms with Crippen LogP contribution in [0.2, 0.25) is 0 Å². The first-order chi connectivity index (χ1) is 14.9. The highest BCUT2D eigenvalue weighted by atomic mass is 32.1. The van der Waals surface area contributed by atoms with Crippen LogP contribution in [0.5, 0.6) is 0 Å². The number of likely N-dealkylation sites (N-methyl/N-ethyl adjacent to an activating group) is 1. The van der Waals surface area contributed by atoms with Crippen LogP contribution in [0.3, 0.4) is 0 Å². The van der Waals surface area contributed by atoms with E-state index >= 15 is 0 Å². The van der Waals surface area contributed by atoms with Gasteiger partial charge in [-0.2, -0.15) is 0 Å². The van der Waals surface area contributed by atoms with Gasteiger partial charge in [-0.25, -0.2) is 8.78 Å². The molecule has 0 aliphatic carbocycles. The minimum atomic E-state index is -1.20. The SMILES string of the molecule is CNC(=O)C(NC(=O)c1ccc(CNC(=O)c2cccs2)cc1)c1ccc(F)c(F)c1. The number of halogens is 2. The standard InChI is InChI=1S/C22H19F2N3O3S/c1-25-22(30)19(15-8-9-16(23)17(24)11-15)27-20(28)14-6-4-13(5-7-14)12-26-21(29)18-3-2-10-31-18/h2-11,19H,12H2,1H3,(H,25,30)(H,26,29)(H,27,28). The normalized spacial score (nSPS) is 11.5. The maximum atomic E-state index is 13.6. The molecule has 31 heavy (non-hydrogen) atoms. The maximum absolute atomic E-state index is 13.6. The molecule has 3 N–H and O–H groups in total. The lowest BCUT2D eigenvalue weighted by Gasteiger charge is -2.18. The van der Waals surface area contributed by atoms with E-state index in [0.717, 1.165) is 17.7 Å². The molecule has 9 heteroatoms. The van der Waals surface area contributed by atoms with E-state index in [1.54, 1.807) is 36.4 Å². The molecule has 1 heterocycles. The van der Waals surface area contributed by atoms with E-state index in [4.69, 9.17) is 0 Å². The van der Waals surface area contributed by atoms with Gasteiger partial charge in [-0.1, -0.05) is 24.3 Å². The Morgan fingerprint density at radius 2 is 1.71 bits per heavy atom. The Bertz CT molecular complexity index is 1090. The largest absolute Gasteiger partial charge is 0.357 e. The summed E-state index contributed by atoms with van der Waals surface area (Å²) in [6, 6.07) is 11.8. The molecular weight excluding hydrogens is 424 g/mol. The summed E-state index contributed by atoms with van der Waals surface area (Å²) in [5, 5.41) is 9.52. The van der Waals surface area contributed by atoms with Crippen LogP contribution in [0, 0.1) is 11.6 Å². The van der Waals surface area contributed by atoms with Crippen molar-refractivity contribution in [2.45, 2.75) is 12.6 Å². The highest BCUT2D eigenvalue weighted by Gasteiger charge is 2.23. The molecule has 0 saturated carbocycles. The third-order valence-electron chi connectivity index (χ3n) is 4.48. The Kier molecular flexibility index (Phi) is 7.09. The van der Waals surface area contributed by atoms with Crippen molar-refractivity contribution in [2.75, 3.05) is 7.05 Å². The van der Waals surface area contributed by atoms with E-state index in [1.165, 1.54) is 24.5 Å². The van der Waals surface area contributed by atoms with Gasteiger partial charge in [0.2, 0.25) is 5.91 Å². The summed E-state index contributed by atoms with van der Waals surface area (Å²) < 4.78 is 26.8. The smallest absolute Gasteiger partial charge is 0.261 e. The van der Waals surface area contributed by atoms with E-state index < -0.39 is 29.5 Å². The first-order valence-corrected chi connectivity index (χ1v) is 10.1. The van der Waals surface area contributed by atoms with Crippen LogP contribution >= 0.6 is 11.3 Å². The molecule has 160 valence electrons. The van der Waals surface area contributed by atoms with Crippen LogP contribution < -0.4 is 16.0 Å². The molecule has 0 spiro atoms. The fraction of sp³-hybridized carbons (Fsp3) is 0.136. The molecule has 0 bridgehead atoms. The van der Waals surface area contributed by atoms with E-state index in [0.29, 0.717) is 4.88 Å². The van der Waals surface area contributed by atoms with Gasteiger partial charge < -0.3 is 16.0 Å². The molecule has 0 saturated heterocycles. The van der Waals surface area contributed by atoms with Crippen molar-refractivity contribution in [3.8, 4) is 0 Å². The molecule has 0 fully saturated rings. The predicted octanol–water partition coefficient (Wildman–Crippen LogP) is 3.17. The highest BCUT2D eigenvalue weighted by Crippen LogP contribution is 2.18. The van der Waals surface area contributed by atoms with Gasteiger partial charge in [0.25, 0.3) is 11.8 Å². The summed E-state index contributed by atoms with van der Waals surface area (Å²) in [5.41, 5.74) is 1.16. The molecule has 6 nitrogen and oxygen atoms in total. The Hall–Kier alpha value is -3.59.